The van der Waals surface area contributed by atoms with Crippen LogP contribution in [0.15, 0.2) is 0 Å². The van der Waals surface area contributed by atoms with E-state index in [-0.39, 0.29) is 6.42 Å². The standard InChI is InChI=1S/C12H23NO2/c1-10(11-6-3-2-4-7-11)13-9-5-8-12(14)15/h10-11,13H,2-9H2,1H3,(H,14,15). The summed E-state index contributed by atoms with van der Waals surface area (Å²) in [5, 5.41) is 11.9. The average molecular weight is 213 g/mol. The number of nitrogens with one attached hydrogen (secondary N) is 1. The molecule has 3 nitrogen and oxygen atoms in total. The fraction of sp³-hybridized carbons (Fsp3) is 0.917. The zero-order chi connectivity index (χ0) is 11.1. The fourth-order valence-corrected chi connectivity index (χ4v) is 2.37. The molecule has 0 heterocycles. The molecule has 0 aromatic carbocycles. The van der Waals surface area contributed by atoms with Crippen molar-refractivity contribution in [3.05, 3.63) is 0 Å². The Bertz CT molecular complexity index is 188. The van der Waals surface area contributed by atoms with E-state index in [1.807, 2.05) is 0 Å². The van der Waals surface area contributed by atoms with Gasteiger partial charge in [0.25, 0.3) is 0 Å². The smallest absolute Gasteiger partial charge is 0.303 e. The molecule has 0 aliphatic heterocycles. The van der Waals surface area contributed by atoms with Gasteiger partial charge in [-0.25, -0.2) is 0 Å². The lowest BCUT2D eigenvalue weighted by atomic mass is 9.84. The maximum absolute atomic E-state index is 10.3. The molecule has 2 N–H and O–H groups in total. The van der Waals surface area contributed by atoms with Gasteiger partial charge in [-0.3, -0.25) is 4.79 Å². The molecular weight excluding hydrogens is 190 g/mol. The maximum atomic E-state index is 10.3. The van der Waals surface area contributed by atoms with Gasteiger partial charge in [0.1, 0.15) is 0 Å². The first kappa shape index (κ1) is 12.5. The zero-order valence-electron chi connectivity index (χ0n) is 9.67. The first-order valence-corrected chi connectivity index (χ1v) is 6.15. The van der Waals surface area contributed by atoms with E-state index in [1.54, 1.807) is 0 Å². The molecule has 0 amide bonds. The van der Waals surface area contributed by atoms with Gasteiger partial charge in [0.2, 0.25) is 0 Å². The summed E-state index contributed by atoms with van der Waals surface area (Å²) in [6.45, 7) is 3.07. The van der Waals surface area contributed by atoms with Gasteiger partial charge in [-0.2, -0.15) is 0 Å². The van der Waals surface area contributed by atoms with Crippen LogP contribution in [0.5, 0.6) is 0 Å². The van der Waals surface area contributed by atoms with Crippen LogP contribution < -0.4 is 5.32 Å². The van der Waals surface area contributed by atoms with Gasteiger partial charge in [-0.1, -0.05) is 19.3 Å². The third kappa shape index (κ3) is 5.17. The minimum atomic E-state index is -0.692. The largest absolute Gasteiger partial charge is 0.481 e. The molecule has 1 rings (SSSR count). The summed E-state index contributed by atoms with van der Waals surface area (Å²) in [5.41, 5.74) is 0. The molecule has 1 unspecified atom stereocenters. The lowest BCUT2D eigenvalue weighted by molar-refractivity contribution is -0.137. The Hall–Kier alpha value is -0.570. The molecule has 1 saturated carbocycles. The van der Waals surface area contributed by atoms with Crippen molar-refractivity contribution < 1.29 is 9.90 Å². The lowest BCUT2D eigenvalue weighted by Crippen LogP contribution is -2.35. The summed E-state index contributed by atoms with van der Waals surface area (Å²) in [6.07, 6.45) is 7.83. The summed E-state index contributed by atoms with van der Waals surface area (Å²) in [7, 11) is 0. The molecule has 88 valence electrons. The summed E-state index contributed by atoms with van der Waals surface area (Å²) in [6, 6.07) is 0.555. The van der Waals surface area contributed by atoms with Crippen LogP contribution in [0.3, 0.4) is 0 Å². The minimum absolute atomic E-state index is 0.282. The van der Waals surface area contributed by atoms with E-state index in [1.165, 1.54) is 32.1 Å². The molecule has 1 fully saturated rings. The van der Waals surface area contributed by atoms with Gasteiger partial charge in [-0.15, -0.1) is 0 Å². The number of carbonyl (C=O) groups is 1. The van der Waals surface area contributed by atoms with Crippen LogP contribution in [-0.4, -0.2) is 23.7 Å². The highest BCUT2D eigenvalue weighted by atomic mass is 16.4. The number of aliphatic carboxylic acids is 1. The highest BCUT2D eigenvalue weighted by molar-refractivity contribution is 5.66. The Balaban J connectivity index is 2.06. The van der Waals surface area contributed by atoms with E-state index in [0.717, 1.165) is 18.9 Å². The molecule has 0 bridgehead atoms. The predicted molar refractivity (Wildman–Crippen MR) is 60.9 cm³/mol. The summed E-state index contributed by atoms with van der Waals surface area (Å²) < 4.78 is 0. The van der Waals surface area contributed by atoms with Crippen molar-refractivity contribution in [2.24, 2.45) is 5.92 Å². The Morgan fingerprint density at radius 1 is 1.40 bits per heavy atom. The Kier molecular flexibility index (Phi) is 5.69. The van der Waals surface area contributed by atoms with Crippen LogP contribution in [-0.2, 0) is 4.79 Å². The lowest BCUT2D eigenvalue weighted by Gasteiger charge is -2.28. The van der Waals surface area contributed by atoms with E-state index >= 15 is 0 Å². The molecule has 1 aliphatic carbocycles. The van der Waals surface area contributed by atoms with E-state index in [4.69, 9.17) is 5.11 Å². The summed E-state index contributed by atoms with van der Waals surface area (Å²) >= 11 is 0. The number of rotatable bonds is 6. The van der Waals surface area contributed by atoms with E-state index in [2.05, 4.69) is 12.2 Å². The van der Waals surface area contributed by atoms with Crippen molar-refractivity contribution in [3.8, 4) is 0 Å². The number of hydrogen-bond acceptors (Lipinski definition) is 2. The second kappa shape index (κ2) is 6.83. The summed E-state index contributed by atoms with van der Waals surface area (Å²) in [5.74, 6) is 0.116. The Labute approximate surface area is 92.3 Å². The van der Waals surface area contributed by atoms with Crippen LogP contribution in [0.1, 0.15) is 51.9 Å². The Morgan fingerprint density at radius 2 is 2.07 bits per heavy atom. The van der Waals surface area contributed by atoms with Gasteiger partial charge in [0.15, 0.2) is 0 Å². The molecule has 0 spiro atoms. The van der Waals surface area contributed by atoms with Crippen molar-refractivity contribution in [1.82, 2.24) is 5.32 Å². The molecule has 15 heavy (non-hydrogen) atoms. The predicted octanol–water partition coefficient (Wildman–Crippen LogP) is 2.41. The quantitative estimate of drug-likeness (QED) is 0.666. The highest BCUT2D eigenvalue weighted by Crippen LogP contribution is 2.26. The summed E-state index contributed by atoms with van der Waals surface area (Å²) in [4.78, 5) is 10.3. The van der Waals surface area contributed by atoms with Gasteiger partial charge < -0.3 is 10.4 Å². The van der Waals surface area contributed by atoms with E-state index in [9.17, 15) is 4.79 Å². The van der Waals surface area contributed by atoms with E-state index in [0.29, 0.717) is 6.04 Å². The molecule has 1 aliphatic rings. The number of carboxylic acids is 1. The number of carboxylic acid groups (broad SMARTS) is 1. The molecule has 1 atom stereocenters. The second-order valence-corrected chi connectivity index (χ2v) is 4.64. The first-order chi connectivity index (χ1) is 7.20. The highest BCUT2D eigenvalue weighted by Gasteiger charge is 2.19. The van der Waals surface area contributed by atoms with Crippen molar-refractivity contribution >= 4 is 5.97 Å². The monoisotopic (exact) mass is 213 g/mol. The van der Waals surface area contributed by atoms with Crippen molar-refractivity contribution in [3.63, 3.8) is 0 Å². The second-order valence-electron chi connectivity index (χ2n) is 4.64. The minimum Gasteiger partial charge on any atom is -0.481 e. The van der Waals surface area contributed by atoms with Crippen LogP contribution in [0, 0.1) is 5.92 Å². The Morgan fingerprint density at radius 3 is 2.67 bits per heavy atom. The molecule has 0 radical (unpaired) electrons. The van der Waals surface area contributed by atoms with Gasteiger partial charge in [0, 0.05) is 12.5 Å². The van der Waals surface area contributed by atoms with Crippen molar-refractivity contribution in [2.45, 2.75) is 57.9 Å². The van der Waals surface area contributed by atoms with Crippen LogP contribution >= 0.6 is 0 Å². The maximum Gasteiger partial charge on any atom is 0.303 e. The normalized spacial score (nSPS) is 20.1. The number of hydrogen-bond donors (Lipinski definition) is 2. The molecule has 3 heteroatoms. The van der Waals surface area contributed by atoms with Crippen LogP contribution in [0.2, 0.25) is 0 Å². The molecule has 0 saturated heterocycles. The van der Waals surface area contributed by atoms with Gasteiger partial charge in [-0.05, 0) is 38.6 Å². The average Bonchev–Trinajstić information content (AvgIpc) is 2.25. The van der Waals surface area contributed by atoms with Crippen molar-refractivity contribution in [2.75, 3.05) is 6.54 Å². The first-order valence-electron chi connectivity index (χ1n) is 6.15. The van der Waals surface area contributed by atoms with Crippen molar-refractivity contribution in [1.29, 1.82) is 0 Å². The fourth-order valence-electron chi connectivity index (χ4n) is 2.37. The zero-order valence-corrected chi connectivity index (χ0v) is 9.67. The SMILES string of the molecule is CC(NCCCC(=O)O)C1CCCCC1. The third-order valence-electron chi connectivity index (χ3n) is 3.39. The van der Waals surface area contributed by atoms with Gasteiger partial charge in [0.05, 0.1) is 0 Å². The molecule has 0 aromatic rings. The van der Waals surface area contributed by atoms with E-state index < -0.39 is 5.97 Å². The van der Waals surface area contributed by atoms with Gasteiger partial charge >= 0.3 is 5.97 Å². The van der Waals surface area contributed by atoms with Crippen LogP contribution in [0.25, 0.3) is 0 Å². The van der Waals surface area contributed by atoms with Crippen LogP contribution in [0.4, 0.5) is 0 Å². The third-order valence-corrected chi connectivity index (χ3v) is 3.39. The topological polar surface area (TPSA) is 49.3 Å². The molecule has 0 aromatic heterocycles. The molecular formula is C12H23NO2.